The van der Waals surface area contributed by atoms with Crippen LogP contribution in [0.4, 0.5) is 0 Å². The third-order valence-corrected chi connectivity index (χ3v) is 4.51. The molecule has 1 rings (SSSR count). The summed E-state index contributed by atoms with van der Waals surface area (Å²) in [5.74, 6) is -1.07. The highest BCUT2D eigenvalue weighted by molar-refractivity contribution is 5.86. The lowest BCUT2D eigenvalue weighted by atomic mass is 9.96. The third kappa shape index (κ3) is 7.93. The molecule has 6 heteroatoms. The summed E-state index contributed by atoms with van der Waals surface area (Å²) in [6.45, 7) is 7.36. The molecule has 0 fully saturated rings. The Morgan fingerprint density at radius 1 is 1.22 bits per heavy atom. The predicted octanol–water partition coefficient (Wildman–Crippen LogP) is 2.08. The molecule has 1 aromatic rings. The van der Waals surface area contributed by atoms with Crippen LogP contribution in [-0.2, 0) is 9.59 Å². The molecule has 0 spiro atoms. The molecule has 0 heterocycles. The van der Waals surface area contributed by atoms with Gasteiger partial charge < -0.3 is 20.8 Å². The van der Waals surface area contributed by atoms with E-state index in [0.717, 1.165) is 5.56 Å². The molecule has 27 heavy (non-hydrogen) atoms. The lowest BCUT2D eigenvalue weighted by Gasteiger charge is -2.26. The Hall–Kier alpha value is -2.18. The van der Waals surface area contributed by atoms with E-state index in [4.69, 9.17) is 5.11 Å². The highest BCUT2D eigenvalue weighted by atomic mass is 16.3. The van der Waals surface area contributed by atoms with Gasteiger partial charge in [-0.15, -0.1) is 6.58 Å². The van der Waals surface area contributed by atoms with Crippen molar-refractivity contribution in [3.8, 4) is 0 Å². The zero-order valence-corrected chi connectivity index (χ0v) is 16.2. The van der Waals surface area contributed by atoms with Gasteiger partial charge in [0.2, 0.25) is 11.8 Å². The van der Waals surface area contributed by atoms with Gasteiger partial charge in [-0.25, -0.2) is 0 Å². The Bertz CT molecular complexity index is 591. The molecule has 4 atom stereocenters. The Morgan fingerprint density at radius 2 is 1.89 bits per heavy atom. The van der Waals surface area contributed by atoms with E-state index in [1.807, 2.05) is 37.3 Å². The van der Waals surface area contributed by atoms with Crippen LogP contribution >= 0.6 is 0 Å². The van der Waals surface area contributed by atoms with E-state index < -0.39 is 18.1 Å². The van der Waals surface area contributed by atoms with Gasteiger partial charge in [0.05, 0.1) is 18.1 Å². The molecule has 1 aromatic carbocycles. The fourth-order valence-corrected chi connectivity index (χ4v) is 2.89. The molecular formula is C21H32N2O4. The molecule has 0 radical (unpaired) electrons. The maximum atomic E-state index is 12.7. The van der Waals surface area contributed by atoms with Gasteiger partial charge in [-0.2, -0.15) is 0 Å². The molecule has 0 aliphatic rings. The van der Waals surface area contributed by atoms with Crippen molar-refractivity contribution in [2.24, 2.45) is 5.92 Å². The minimum Gasteiger partial charge on any atom is -0.396 e. The smallest absolute Gasteiger partial charge is 0.224 e. The highest BCUT2D eigenvalue weighted by Gasteiger charge is 2.26. The summed E-state index contributed by atoms with van der Waals surface area (Å²) in [7, 11) is 0. The van der Waals surface area contributed by atoms with E-state index in [-0.39, 0.29) is 30.9 Å². The lowest BCUT2D eigenvalue weighted by Crippen LogP contribution is -2.43. The van der Waals surface area contributed by atoms with E-state index in [9.17, 15) is 14.7 Å². The zero-order valence-electron chi connectivity index (χ0n) is 16.2. The first-order valence-corrected chi connectivity index (χ1v) is 9.47. The van der Waals surface area contributed by atoms with Gasteiger partial charge in [0, 0.05) is 19.1 Å². The molecule has 2 amide bonds. The average Bonchev–Trinajstić information content (AvgIpc) is 2.65. The van der Waals surface area contributed by atoms with Gasteiger partial charge in [-0.3, -0.25) is 9.59 Å². The number of benzene rings is 1. The summed E-state index contributed by atoms with van der Waals surface area (Å²) in [5, 5.41) is 25.1. The van der Waals surface area contributed by atoms with Crippen LogP contribution in [0, 0.1) is 5.92 Å². The monoisotopic (exact) mass is 376 g/mol. The Balaban J connectivity index is 2.72. The Morgan fingerprint density at radius 3 is 2.44 bits per heavy atom. The molecule has 0 aliphatic carbocycles. The first kappa shape index (κ1) is 22.9. The number of hydrogen-bond donors (Lipinski definition) is 4. The summed E-state index contributed by atoms with van der Waals surface area (Å²) in [4.78, 5) is 24.9. The number of aliphatic hydroxyl groups excluding tert-OH is 2. The molecule has 1 unspecified atom stereocenters. The zero-order chi connectivity index (χ0) is 20.2. The van der Waals surface area contributed by atoms with Crippen LogP contribution in [0.15, 0.2) is 43.0 Å². The number of allylic oxidation sites excluding steroid dienone is 1. The van der Waals surface area contributed by atoms with Crippen molar-refractivity contribution in [3.05, 3.63) is 48.6 Å². The van der Waals surface area contributed by atoms with Crippen LogP contribution in [-0.4, -0.2) is 40.7 Å². The van der Waals surface area contributed by atoms with Gasteiger partial charge >= 0.3 is 0 Å². The molecular weight excluding hydrogens is 344 g/mol. The fraction of sp³-hybridized carbons (Fsp3) is 0.524. The predicted molar refractivity (Wildman–Crippen MR) is 106 cm³/mol. The standard InChI is InChI=1S/C21H32N2O4/c1-4-9-17(14-19(25)22-15(3)12-13-24)21(27)23-18(5-2)20(26)16-10-7-6-8-11-16/h4,6-8,10-11,15,17-18,20,24,26H,1,5,9,12-14H2,2-3H3,(H,22,25)(H,23,27)/t15-,17+,18-,20?/m0/s1. The summed E-state index contributed by atoms with van der Waals surface area (Å²) >= 11 is 0. The third-order valence-electron chi connectivity index (χ3n) is 4.51. The number of rotatable bonds is 12. The normalized spacial score (nSPS) is 15.3. The first-order chi connectivity index (χ1) is 12.9. The van der Waals surface area contributed by atoms with Crippen LogP contribution in [0.25, 0.3) is 0 Å². The largest absolute Gasteiger partial charge is 0.396 e. The van der Waals surface area contributed by atoms with Gasteiger partial charge in [0.25, 0.3) is 0 Å². The van der Waals surface area contributed by atoms with Crippen LogP contribution in [0.1, 0.15) is 51.2 Å². The Kier molecular flexibility index (Phi) is 10.4. The minimum atomic E-state index is -0.817. The second-order valence-electron chi connectivity index (χ2n) is 6.79. The molecule has 0 bridgehead atoms. The number of aliphatic hydroxyl groups is 2. The highest BCUT2D eigenvalue weighted by Crippen LogP contribution is 2.20. The van der Waals surface area contributed by atoms with E-state index in [2.05, 4.69) is 17.2 Å². The van der Waals surface area contributed by atoms with Crippen molar-refractivity contribution in [2.75, 3.05) is 6.61 Å². The van der Waals surface area contributed by atoms with Crippen LogP contribution < -0.4 is 10.6 Å². The SMILES string of the molecule is C=CC[C@H](CC(=O)N[C@@H](C)CCO)C(=O)N[C@@H](CC)C(O)c1ccccc1. The van der Waals surface area contributed by atoms with Gasteiger partial charge in [-0.05, 0) is 31.7 Å². The Labute approximate surface area is 161 Å². The van der Waals surface area contributed by atoms with Gasteiger partial charge in [0.15, 0.2) is 0 Å². The van der Waals surface area contributed by atoms with Gasteiger partial charge in [-0.1, -0.05) is 43.3 Å². The van der Waals surface area contributed by atoms with Crippen molar-refractivity contribution in [1.82, 2.24) is 10.6 Å². The molecule has 150 valence electrons. The summed E-state index contributed by atoms with van der Waals surface area (Å²) < 4.78 is 0. The molecule has 0 aromatic heterocycles. The molecule has 4 N–H and O–H groups in total. The van der Waals surface area contributed by atoms with Crippen molar-refractivity contribution in [3.63, 3.8) is 0 Å². The molecule has 6 nitrogen and oxygen atoms in total. The number of carbonyl (C=O) groups excluding carboxylic acids is 2. The van der Waals surface area contributed by atoms with Crippen LogP contribution in [0.5, 0.6) is 0 Å². The van der Waals surface area contributed by atoms with E-state index >= 15 is 0 Å². The van der Waals surface area contributed by atoms with Crippen molar-refractivity contribution >= 4 is 11.8 Å². The first-order valence-electron chi connectivity index (χ1n) is 9.47. The minimum absolute atomic E-state index is 0.00638. The van der Waals surface area contributed by atoms with E-state index in [1.54, 1.807) is 13.0 Å². The van der Waals surface area contributed by atoms with E-state index in [0.29, 0.717) is 19.3 Å². The molecule has 0 aliphatic heterocycles. The summed E-state index contributed by atoms with van der Waals surface area (Å²) in [5.41, 5.74) is 0.737. The quantitative estimate of drug-likeness (QED) is 0.420. The lowest BCUT2D eigenvalue weighted by molar-refractivity contribution is -0.131. The summed E-state index contributed by atoms with van der Waals surface area (Å²) in [6.07, 6.45) is 2.22. The van der Waals surface area contributed by atoms with E-state index in [1.165, 1.54) is 0 Å². The summed E-state index contributed by atoms with van der Waals surface area (Å²) in [6, 6.07) is 8.58. The number of hydrogen-bond acceptors (Lipinski definition) is 4. The van der Waals surface area contributed by atoms with Crippen molar-refractivity contribution in [1.29, 1.82) is 0 Å². The maximum Gasteiger partial charge on any atom is 0.224 e. The van der Waals surface area contributed by atoms with Gasteiger partial charge in [0.1, 0.15) is 0 Å². The number of amides is 2. The maximum absolute atomic E-state index is 12.7. The molecule has 0 saturated heterocycles. The van der Waals surface area contributed by atoms with Crippen LogP contribution in [0.2, 0.25) is 0 Å². The second kappa shape index (κ2) is 12.3. The number of nitrogens with one attached hydrogen (secondary N) is 2. The topological polar surface area (TPSA) is 98.7 Å². The second-order valence-corrected chi connectivity index (χ2v) is 6.79. The fourth-order valence-electron chi connectivity index (χ4n) is 2.89. The van der Waals surface area contributed by atoms with Crippen molar-refractivity contribution < 1.29 is 19.8 Å². The average molecular weight is 376 g/mol. The molecule has 0 saturated carbocycles. The number of carbonyl (C=O) groups is 2. The van der Waals surface area contributed by atoms with Crippen molar-refractivity contribution in [2.45, 2.75) is 57.7 Å². The van der Waals surface area contributed by atoms with Crippen LogP contribution in [0.3, 0.4) is 0 Å².